The van der Waals surface area contributed by atoms with Crippen LogP contribution in [0.2, 0.25) is 5.04 Å². The van der Waals surface area contributed by atoms with E-state index in [0.717, 1.165) is 0 Å². The summed E-state index contributed by atoms with van der Waals surface area (Å²) in [6.45, 7) is 6.19. The van der Waals surface area contributed by atoms with Crippen LogP contribution >= 0.6 is 0 Å². The van der Waals surface area contributed by atoms with Gasteiger partial charge in [-0.2, -0.15) is 4.63 Å². The second kappa shape index (κ2) is 3.78. The molecule has 0 aromatic heterocycles. The van der Waals surface area contributed by atoms with E-state index in [0.29, 0.717) is 6.42 Å². The monoisotopic (exact) mass is 200 g/mol. The summed E-state index contributed by atoms with van der Waals surface area (Å²) in [7, 11) is -5.16. The Morgan fingerprint density at radius 3 is 2.08 bits per heavy atom. The molecule has 0 saturated carbocycles. The van der Waals surface area contributed by atoms with E-state index in [4.69, 9.17) is 0 Å². The average Bonchev–Trinajstić information content (AvgIpc) is 2.02. The van der Waals surface area contributed by atoms with Gasteiger partial charge >= 0.3 is 8.99 Å². The minimum absolute atomic E-state index is 0.241. The molecule has 0 amide bonds. The highest BCUT2D eigenvalue weighted by Gasteiger charge is 2.58. The first kappa shape index (κ1) is 12.0. The lowest BCUT2D eigenvalue weighted by Crippen LogP contribution is -2.41. The van der Waals surface area contributed by atoms with Crippen LogP contribution in [0.3, 0.4) is 0 Å². The third kappa shape index (κ3) is 2.01. The van der Waals surface area contributed by atoms with Crippen LogP contribution < -0.4 is 0 Å². The molecule has 0 aliphatic carbocycles. The van der Waals surface area contributed by atoms with E-state index >= 15 is 0 Å². The summed E-state index contributed by atoms with van der Waals surface area (Å²) < 4.78 is 40.2. The van der Waals surface area contributed by atoms with Crippen molar-refractivity contribution in [2.75, 3.05) is 0 Å². The van der Waals surface area contributed by atoms with Crippen molar-refractivity contribution in [3.8, 4) is 0 Å². The van der Waals surface area contributed by atoms with Gasteiger partial charge in [-0.05, 0) is 5.92 Å². The molecule has 0 aliphatic heterocycles. The van der Waals surface area contributed by atoms with E-state index in [2.05, 4.69) is 4.63 Å². The zero-order chi connectivity index (χ0) is 9.99. The van der Waals surface area contributed by atoms with E-state index in [1.165, 1.54) is 13.8 Å². The Labute approximate surface area is 72.3 Å². The van der Waals surface area contributed by atoms with Crippen molar-refractivity contribution in [3.05, 3.63) is 0 Å². The Balaban J connectivity index is 4.58. The highest BCUT2D eigenvalue weighted by atomic mass is 28.4. The fourth-order valence-electron chi connectivity index (χ4n) is 0.897. The first-order valence-electron chi connectivity index (χ1n) is 3.97. The normalized spacial score (nSPS) is 16.2. The van der Waals surface area contributed by atoms with Crippen LogP contribution in [0.1, 0.15) is 34.1 Å². The molecule has 0 N–H and O–H groups in total. The zero-order valence-corrected chi connectivity index (χ0v) is 8.83. The van der Waals surface area contributed by atoms with Gasteiger partial charge in [-0.3, -0.25) is 0 Å². The van der Waals surface area contributed by atoms with Gasteiger partial charge in [-0.15, -0.1) is 0 Å². The molecule has 1 nitrogen and oxygen atoms in total. The Bertz CT molecular complexity index is 150. The summed E-state index contributed by atoms with van der Waals surface area (Å²) in [5.74, 6) is -0.241. The molecule has 12 heavy (non-hydrogen) atoms. The first-order valence-corrected chi connectivity index (χ1v) is 5.63. The molecule has 0 heterocycles. The molecule has 0 fully saturated rings. The van der Waals surface area contributed by atoms with Crippen molar-refractivity contribution < 1.29 is 17.4 Å². The SMILES string of the molecule is CCC(C)C(C)(C)[Si](F)(F)OF. The second-order valence-electron chi connectivity index (χ2n) is 3.62. The summed E-state index contributed by atoms with van der Waals surface area (Å²) in [6.07, 6.45) is 0.596. The molecular formula is C7H15F3OSi. The molecule has 0 aliphatic rings. The van der Waals surface area contributed by atoms with Gasteiger partial charge in [-0.25, -0.2) is 8.22 Å². The molecule has 1 atom stereocenters. The minimum Gasteiger partial charge on any atom is -0.239 e. The van der Waals surface area contributed by atoms with Crippen molar-refractivity contribution in [2.24, 2.45) is 5.92 Å². The maximum absolute atomic E-state index is 12.9. The highest BCUT2D eigenvalue weighted by Crippen LogP contribution is 2.47. The molecule has 0 saturated heterocycles. The Morgan fingerprint density at radius 1 is 1.42 bits per heavy atom. The van der Waals surface area contributed by atoms with Gasteiger partial charge in [0.05, 0.1) is 0 Å². The molecule has 0 aromatic carbocycles. The minimum atomic E-state index is -5.16. The van der Waals surface area contributed by atoms with Gasteiger partial charge in [0.15, 0.2) is 0 Å². The van der Waals surface area contributed by atoms with E-state index in [1.54, 1.807) is 13.8 Å². The fraction of sp³-hybridized carbons (Fsp3) is 1.00. The summed E-state index contributed by atoms with van der Waals surface area (Å²) in [5, 5.41) is -1.34. The first-order chi connectivity index (χ1) is 5.29. The standard InChI is InChI=1S/C7H15F3OSi/c1-5-6(2)7(3,4)12(9,10)11-8/h6H,5H2,1-4H3. The number of hydrogen-bond donors (Lipinski definition) is 0. The van der Waals surface area contributed by atoms with Crippen LogP contribution in [0.15, 0.2) is 0 Å². The lowest BCUT2D eigenvalue weighted by molar-refractivity contribution is -0.0635. The number of halogens is 3. The van der Waals surface area contributed by atoms with Gasteiger partial charge in [0, 0.05) is 5.04 Å². The summed E-state index contributed by atoms with van der Waals surface area (Å²) in [4.78, 5) is 0. The van der Waals surface area contributed by atoms with E-state index < -0.39 is 14.0 Å². The summed E-state index contributed by atoms with van der Waals surface area (Å²) >= 11 is 0. The Hall–Kier alpha value is -0.0331. The molecule has 1 unspecified atom stereocenters. The van der Waals surface area contributed by atoms with Crippen LogP contribution in [0, 0.1) is 5.92 Å². The molecule has 0 rings (SSSR count). The molecular weight excluding hydrogens is 185 g/mol. The third-order valence-corrected chi connectivity index (χ3v) is 4.88. The van der Waals surface area contributed by atoms with Crippen molar-refractivity contribution in [3.63, 3.8) is 0 Å². The average molecular weight is 200 g/mol. The molecule has 5 heteroatoms. The third-order valence-electron chi connectivity index (χ3n) is 2.69. The van der Waals surface area contributed by atoms with Crippen LogP contribution in [0.5, 0.6) is 0 Å². The van der Waals surface area contributed by atoms with Gasteiger partial charge in [0.1, 0.15) is 0 Å². The number of rotatable bonds is 4. The quantitative estimate of drug-likeness (QED) is 0.497. The Kier molecular flexibility index (Phi) is 3.77. The fourth-order valence-corrected chi connectivity index (χ4v) is 1.87. The highest BCUT2D eigenvalue weighted by molar-refractivity contribution is 6.62. The van der Waals surface area contributed by atoms with E-state index in [9.17, 15) is 12.7 Å². The number of hydrogen-bond acceptors (Lipinski definition) is 1. The zero-order valence-electron chi connectivity index (χ0n) is 7.83. The maximum atomic E-state index is 12.9. The molecule has 74 valence electrons. The summed E-state index contributed by atoms with van der Waals surface area (Å²) in [5.41, 5.74) is 0. The van der Waals surface area contributed by atoms with Crippen molar-refractivity contribution in [1.82, 2.24) is 0 Å². The molecule has 0 radical (unpaired) electrons. The Morgan fingerprint density at radius 2 is 1.83 bits per heavy atom. The van der Waals surface area contributed by atoms with Crippen molar-refractivity contribution in [1.29, 1.82) is 0 Å². The summed E-state index contributed by atoms with van der Waals surface area (Å²) in [6, 6.07) is 0. The smallest absolute Gasteiger partial charge is 0.239 e. The molecule has 0 spiro atoms. The van der Waals surface area contributed by atoms with E-state index in [-0.39, 0.29) is 5.92 Å². The van der Waals surface area contributed by atoms with Crippen LogP contribution in [-0.2, 0) is 4.63 Å². The lowest BCUT2D eigenvalue weighted by atomic mass is 9.94. The topological polar surface area (TPSA) is 9.23 Å². The predicted octanol–water partition coefficient (Wildman–Crippen LogP) is 3.59. The predicted molar refractivity (Wildman–Crippen MR) is 43.7 cm³/mol. The van der Waals surface area contributed by atoms with Gasteiger partial charge < -0.3 is 0 Å². The van der Waals surface area contributed by atoms with Crippen molar-refractivity contribution in [2.45, 2.75) is 39.2 Å². The second-order valence-corrected chi connectivity index (χ2v) is 6.10. The van der Waals surface area contributed by atoms with E-state index in [1.807, 2.05) is 0 Å². The van der Waals surface area contributed by atoms with Gasteiger partial charge in [-0.1, -0.05) is 38.6 Å². The van der Waals surface area contributed by atoms with Crippen LogP contribution in [0.25, 0.3) is 0 Å². The molecule has 0 aromatic rings. The van der Waals surface area contributed by atoms with Gasteiger partial charge in [0.2, 0.25) is 0 Å². The van der Waals surface area contributed by atoms with Crippen LogP contribution in [0.4, 0.5) is 12.7 Å². The van der Waals surface area contributed by atoms with Crippen LogP contribution in [-0.4, -0.2) is 8.99 Å². The maximum Gasteiger partial charge on any atom is 0.616 e. The lowest BCUT2D eigenvalue weighted by Gasteiger charge is -2.32. The largest absolute Gasteiger partial charge is 0.616 e. The van der Waals surface area contributed by atoms with Crippen molar-refractivity contribution >= 4 is 8.99 Å². The van der Waals surface area contributed by atoms with Gasteiger partial charge in [0.25, 0.3) is 0 Å². The molecule has 0 bridgehead atoms.